The van der Waals surface area contributed by atoms with Gasteiger partial charge < -0.3 is 0 Å². The zero-order chi connectivity index (χ0) is 12.5. The Morgan fingerprint density at radius 2 is 1.88 bits per heavy atom. The Labute approximate surface area is 99.2 Å². The summed E-state index contributed by atoms with van der Waals surface area (Å²) in [5.41, 5.74) is 2.08. The van der Waals surface area contributed by atoms with E-state index in [0.29, 0.717) is 19.5 Å². The summed E-state index contributed by atoms with van der Waals surface area (Å²) in [6, 6.07) is 6.42. The third-order valence-corrected chi connectivity index (χ3v) is 3.25. The normalized spacial score (nSPS) is 22.0. The molecule has 1 aromatic carbocycles. The van der Waals surface area contributed by atoms with Gasteiger partial charge in [-0.15, -0.1) is 0 Å². The maximum absolute atomic E-state index is 12.7. The van der Waals surface area contributed by atoms with Crippen LogP contribution in [0.4, 0.5) is 13.2 Å². The number of alkyl halides is 3. The van der Waals surface area contributed by atoms with Crippen LogP contribution in [0.3, 0.4) is 0 Å². The number of rotatable bonds is 2. The SMILES string of the molecule is Cc1ccc(CN2CCC[C@@H]2C(F)(F)F)cc1. The molecule has 1 nitrogen and oxygen atoms in total. The summed E-state index contributed by atoms with van der Waals surface area (Å²) in [6.45, 7) is 2.90. The zero-order valence-electron chi connectivity index (χ0n) is 9.80. The van der Waals surface area contributed by atoms with Gasteiger partial charge >= 0.3 is 6.18 Å². The molecule has 0 aromatic heterocycles. The first-order valence-electron chi connectivity index (χ1n) is 5.83. The number of benzene rings is 1. The average Bonchev–Trinajstić information content (AvgIpc) is 2.69. The minimum Gasteiger partial charge on any atom is -0.288 e. The molecule has 2 rings (SSSR count). The second-order valence-corrected chi connectivity index (χ2v) is 4.66. The molecule has 1 aromatic rings. The number of hydrogen-bond donors (Lipinski definition) is 0. The number of aryl methyl sites for hydroxylation is 1. The molecule has 1 saturated heterocycles. The smallest absolute Gasteiger partial charge is 0.288 e. The quantitative estimate of drug-likeness (QED) is 0.768. The second kappa shape index (κ2) is 4.69. The molecule has 1 aliphatic heterocycles. The van der Waals surface area contributed by atoms with E-state index in [1.54, 1.807) is 0 Å². The van der Waals surface area contributed by atoms with Gasteiger partial charge in [-0.05, 0) is 31.9 Å². The van der Waals surface area contributed by atoms with E-state index in [1.165, 1.54) is 4.90 Å². The van der Waals surface area contributed by atoms with Crippen molar-refractivity contribution in [1.29, 1.82) is 0 Å². The van der Waals surface area contributed by atoms with Crippen molar-refractivity contribution in [2.75, 3.05) is 6.54 Å². The molecule has 4 heteroatoms. The standard InChI is InChI=1S/C13H16F3N/c1-10-4-6-11(7-5-10)9-17-8-2-3-12(17)13(14,15)16/h4-7,12H,2-3,8-9H2,1H3/t12-/m1/s1. The summed E-state index contributed by atoms with van der Waals surface area (Å²) in [4.78, 5) is 1.53. The van der Waals surface area contributed by atoms with Crippen LogP contribution in [0.5, 0.6) is 0 Å². The fourth-order valence-corrected chi connectivity index (χ4v) is 2.31. The van der Waals surface area contributed by atoms with Crippen molar-refractivity contribution in [3.05, 3.63) is 35.4 Å². The van der Waals surface area contributed by atoms with Crippen LogP contribution in [0.15, 0.2) is 24.3 Å². The Morgan fingerprint density at radius 3 is 2.47 bits per heavy atom. The molecule has 0 bridgehead atoms. The minimum atomic E-state index is -4.10. The van der Waals surface area contributed by atoms with Crippen molar-refractivity contribution in [3.63, 3.8) is 0 Å². The van der Waals surface area contributed by atoms with E-state index in [1.807, 2.05) is 31.2 Å². The molecule has 94 valence electrons. The van der Waals surface area contributed by atoms with Crippen LogP contribution in [0.1, 0.15) is 24.0 Å². The van der Waals surface area contributed by atoms with Gasteiger partial charge in [0.05, 0.1) is 0 Å². The number of likely N-dealkylation sites (tertiary alicyclic amines) is 1. The molecule has 1 fully saturated rings. The highest BCUT2D eigenvalue weighted by Gasteiger charge is 2.45. The van der Waals surface area contributed by atoms with E-state index < -0.39 is 12.2 Å². The Morgan fingerprint density at radius 1 is 1.24 bits per heavy atom. The predicted octanol–water partition coefficient (Wildman–Crippen LogP) is 3.52. The van der Waals surface area contributed by atoms with Crippen molar-refractivity contribution in [2.45, 2.75) is 38.5 Å². The Bertz CT molecular complexity index is 369. The van der Waals surface area contributed by atoms with Crippen molar-refractivity contribution in [2.24, 2.45) is 0 Å². The lowest BCUT2D eigenvalue weighted by molar-refractivity contribution is -0.177. The fraction of sp³-hybridized carbons (Fsp3) is 0.538. The average molecular weight is 243 g/mol. The van der Waals surface area contributed by atoms with Crippen LogP contribution < -0.4 is 0 Å². The van der Waals surface area contributed by atoms with E-state index in [2.05, 4.69) is 0 Å². The molecule has 0 saturated carbocycles. The highest BCUT2D eigenvalue weighted by molar-refractivity contribution is 5.21. The van der Waals surface area contributed by atoms with Crippen molar-refractivity contribution < 1.29 is 13.2 Å². The van der Waals surface area contributed by atoms with Crippen LogP contribution in [-0.4, -0.2) is 23.7 Å². The Hall–Kier alpha value is -1.03. The van der Waals surface area contributed by atoms with Crippen LogP contribution in [-0.2, 0) is 6.54 Å². The van der Waals surface area contributed by atoms with Crippen LogP contribution in [0.25, 0.3) is 0 Å². The van der Waals surface area contributed by atoms with Crippen LogP contribution >= 0.6 is 0 Å². The predicted molar refractivity (Wildman–Crippen MR) is 60.7 cm³/mol. The molecule has 1 heterocycles. The van der Waals surface area contributed by atoms with Gasteiger partial charge in [0.15, 0.2) is 0 Å². The monoisotopic (exact) mass is 243 g/mol. The van der Waals surface area contributed by atoms with E-state index in [4.69, 9.17) is 0 Å². The minimum absolute atomic E-state index is 0.232. The van der Waals surface area contributed by atoms with E-state index in [-0.39, 0.29) is 6.42 Å². The molecular weight excluding hydrogens is 227 g/mol. The molecule has 0 radical (unpaired) electrons. The third-order valence-electron chi connectivity index (χ3n) is 3.25. The number of hydrogen-bond acceptors (Lipinski definition) is 1. The molecular formula is C13H16F3N. The molecule has 0 aliphatic carbocycles. The number of nitrogens with zero attached hydrogens (tertiary/aromatic N) is 1. The topological polar surface area (TPSA) is 3.24 Å². The van der Waals surface area contributed by atoms with Gasteiger partial charge in [0.1, 0.15) is 6.04 Å². The lowest BCUT2D eigenvalue weighted by Crippen LogP contribution is -2.40. The second-order valence-electron chi connectivity index (χ2n) is 4.66. The molecule has 0 unspecified atom stereocenters. The summed E-state index contributed by atoms with van der Waals surface area (Å²) in [7, 11) is 0. The summed E-state index contributed by atoms with van der Waals surface area (Å²) < 4.78 is 38.2. The van der Waals surface area contributed by atoms with Gasteiger partial charge in [0, 0.05) is 6.54 Å². The van der Waals surface area contributed by atoms with Gasteiger partial charge in [-0.2, -0.15) is 13.2 Å². The largest absolute Gasteiger partial charge is 0.404 e. The first kappa shape index (κ1) is 12.4. The first-order chi connectivity index (χ1) is 7.97. The summed E-state index contributed by atoms with van der Waals surface area (Å²) in [5, 5.41) is 0. The van der Waals surface area contributed by atoms with Gasteiger partial charge in [-0.1, -0.05) is 29.8 Å². The van der Waals surface area contributed by atoms with Crippen molar-refractivity contribution in [1.82, 2.24) is 4.90 Å². The maximum atomic E-state index is 12.7. The first-order valence-corrected chi connectivity index (χ1v) is 5.83. The molecule has 17 heavy (non-hydrogen) atoms. The fourth-order valence-electron chi connectivity index (χ4n) is 2.31. The highest BCUT2D eigenvalue weighted by Crippen LogP contribution is 2.33. The highest BCUT2D eigenvalue weighted by atomic mass is 19.4. The van der Waals surface area contributed by atoms with Gasteiger partial charge in [-0.3, -0.25) is 4.90 Å². The molecule has 0 N–H and O–H groups in total. The van der Waals surface area contributed by atoms with E-state index in [9.17, 15) is 13.2 Å². The number of halogens is 3. The van der Waals surface area contributed by atoms with Crippen LogP contribution in [0, 0.1) is 6.92 Å². The van der Waals surface area contributed by atoms with E-state index in [0.717, 1.165) is 11.1 Å². The van der Waals surface area contributed by atoms with Crippen molar-refractivity contribution >= 4 is 0 Å². The molecule has 0 spiro atoms. The molecule has 1 aliphatic rings. The Kier molecular flexibility index (Phi) is 3.43. The summed E-state index contributed by atoms with van der Waals surface area (Å²) >= 11 is 0. The maximum Gasteiger partial charge on any atom is 0.404 e. The molecule has 1 atom stereocenters. The van der Waals surface area contributed by atoms with Gasteiger partial charge in [0.2, 0.25) is 0 Å². The van der Waals surface area contributed by atoms with Gasteiger partial charge in [0.25, 0.3) is 0 Å². The van der Waals surface area contributed by atoms with Gasteiger partial charge in [-0.25, -0.2) is 0 Å². The zero-order valence-corrected chi connectivity index (χ0v) is 9.80. The van der Waals surface area contributed by atoms with Crippen LogP contribution in [0.2, 0.25) is 0 Å². The summed E-state index contributed by atoms with van der Waals surface area (Å²) in [5.74, 6) is 0. The lowest BCUT2D eigenvalue weighted by atomic mass is 10.1. The molecule has 0 amide bonds. The lowest BCUT2D eigenvalue weighted by Gasteiger charge is -2.26. The third kappa shape index (κ3) is 3.00. The van der Waals surface area contributed by atoms with Crippen molar-refractivity contribution in [3.8, 4) is 0 Å². The Balaban J connectivity index is 2.05. The van der Waals surface area contributed by atoms with E-state index >= 15 is 0 Å². The summed E-state index contributed by atoms with van der Waals surface area (Å²) in [6.07, 6.45) is -3.23.